The number of carboxylic acids is 1. The molecule has 1 aromatic carbocycles. The molecule has 0 saturated heterocycles. The number of hydrogen-bond donors (Lipinski definition) is 2. The van der Waals surface area contributed by atoms with E-state index in [1.54, 1.807) is 31.4 Å². The summed E-state index contributed by atoms with van der Waals surface area (Å²) in [5.74, 6) is -1.06. The summed E-state index contributed by atoms with van der Waals surface area (Å²) in [7, 11) is 1.60. The lowest BCUT2D eigenvalue weighted by Crippen LogP contribution is -2.16. The summed E-state index contributed by atoms with van der Waals surface area (Å²) >= 11 is 0. The van der Waals surface area contributed by atoms with Crippen LogP contribution in [-0.2, 0) is 20.7 Å². The highest BCUT2D eigenvalue weighted by Gasteiger charge is 2.10. The van der Waals surface area contributed by atoms with E-state index < -0.39 is 5.97 Å². The smallest absolute Gasteiger partial charge is 0.307 e. The molecule has 1 unspecified atom stereocenters. The van der Waals surface area contributed by atoms with Crippen LogP contribution in [-0.4, -0.2) is 30.2 Å². The van der Waals surface area contributed by atoms with Crippen molar-refractivity contribution in [2.24, 2.45) is 0 Å². The van der Waals surface area contributed by atoms with Gasteiger partial charge in [0.15, 0.2) is 0 Å². The lowest BCUT2D eigenvalue weighted by Gasteiger charge is -2.11. The number of methoxy groups -OCH3 is 1. The second-order valence-electron chi connectivity index (χ2n) is 4.36. The number of amides is 1. The summed E-state index contributed by atoms with van der Waals surface area (Å²) in [6.07, 6.45) is 0.894. The monoisotopic (exact) mass is 265 g/mol. The Labute approximate surface area is 112 Å². The number of para-hydroxylation sites is 1. The van der Waals surface area contributed by atoms with Crippen molar-refractivity contribution in [1.82, 2.24) is 0 Å². The van der Waals surface area contributed by atoms with Crippen LogP contribution in [0, 0.1) is 0 Å². The Morgan fingerprint density at radius 3 is 2.68 bits per heavy atom. The maximum atomic E-state index is 11.8. The zero-order chi connectivity index (χ0) is 14.3. The van der Waals surface area contributed by atoms with Crippen LogP contribution < -0.4 is 5.32 Å². The zero-order valence-electron chi connectivity index (χ0n) is 11.2. The second kappa shape index (κ2) is 7.53. The number of rotatable bonds is 7. The van der Waals surface area contributed by atoms with Gasteiger partial charge in [0, 0.05) is 19.2 Å². The molecule has 0 aliphatic rings. The van der Waals surface area contributed by atoms with Crippen LogP contribution in [0.3, 0.4) is 0 Å². The van der Waals surface area contributed by atoms with Gasteiger partial charge in [0.1, 0.15) is 0 Å². The highest BCUT2D eigenvalue weighted by Crippen LogP contribution is 2.16. The Balaban J connectivity index is 2.61. The zero-order valence-corrected chi connectivity index (χ0v) is 11.2. The normalized spacial score (nSPS) is 11.9. The molecule has 0 heterocycles. The molecular weight excluding hydrogens is 246 g/mol. The van der Waals surface area contributed by atoms with Crippen molar-refractivity contribution in [1.29, 1.82) is 0 Å². The van der Waals surface area contributed by atoms with Crippen molar-refractivity contribution >= 4 is 17.6 Å². The molecule has 19 heavy (non-hydrogen) atoms. The number of ether oxygens (including phenoxy) is 1. The fraction of sp³-hybridized carbons (Fsp3) is 0.429. The molecule has 1 aromatic rings. The van der Waals surface area contributed by atoms with E-state index in [4.69, 9.17) is 9.84 Å². The minimum atomic E-state index is -0.922. The first-order chi connectivity index (χ1) is 9.02. The molecule has 2 N–H and O–H groups in total. The second-order valence-corrected chi connectivity index (χ2v) is 4.36. The molecular formula is C14H19NO4. The van der Waals surface area contributed by atoms with Gasteiger partial charge in [0.2, 0.25) is 5.91 Å². The third-order valence-electron chi connectivity index (χ3n) is 2.81. The van der Waals surface area contributed by atoms with Crippen LogP contribution >= 0.6 is 0 Å². The Kier molecular flexibility index (Phi) is 6.02. The third kappa shape index (κ3) is 5.52. The van der Waals surface area contributed by atoms with Gasteiger partial charge in [-0.1, -0.05) is 18.2 Å². The first kappa shape index (κ1) is 15.2. The number of carboxylic acid groups (broad SMARTS) is 1. The molecule has 0 spiro atoms. The number of anilines is 1. The van der Waals surface area contributed by atoms with E-state index >= 15 is 0 Å². The van der Waals surface area contributed by atoms with Crippen molar-refractivity contribution in [3.63, 3.8) is 0 Å². The fourth-order valence-electron chi connectivity index (χ4n) is 1.62. The van der Waals surface area contributed by atoms with Gasteiger partial charge in [-0.05, 0) is 25.0 Å². The van der Waals surface area contributed by atoms with Gasteiger partial charge < -0.3 is 15.2 Å². The summed E-state index contributed by atoms with van der Waals surface area (Å²) in [5.41, 5.74) is 1.16. The molecule has 0 bridgehead atoms. The van der Waals surface area contributed by atoms with Gasteiger partial charge in [-0.3, -0.25) is 9.59 Å². The van der Waals surface area contributed by atoms with Crippen molar-refractivity contribution in [2.75, 3.05) is 12.4 Å². The quantitative estimate of drug-likeness (QED) is 0.791. The van der Waals surface area contributed by atoms with E-state index in [0.717, 1.165) is 0 Å². The van der Waals surface area contributed by atoms with E-state index in [-0.39, 0.29) is 18.4 Å². The molecule has 0 fully saturated rings. The predicted octanol–water partition coefficient (Wildman–Crippen LogP) is 2.07. The number of carbonyl (C=O) groups is 2. The van der Waals surface area contributed by atoms with Crippen LogP contribution in [0.15, 0.2) is 24.3 Å². The highest BCUT2D eigenvalue weighted by atomic mass is 16.5. The fourth-order valence-corrected chi connectivity index (χ4v) is 1.62. The standard InChI is InChI=1S/C14H19NO4/c1-10(19-2)7-8-13(16)15-12-6-4-3-5-11(12)9-14(17)18/h3-6,10H,7-9H2,1-2H3,(H,15,16)(H,17,18). The maximum Gasteiger partial charge on any atom is 0.307 e. The summed E-state index contributed by atoms with van der Waals surface area (Å²) in [5, 5.41) is 11.5. The molecule has 0 saturated carbocycles. The third-order valence-corrected chi connectivity index (χ3v) is 2.81. The SMILES string of the molecule is COC(C)CCC(=O)Nc1ccccc1CC(=O)O. The number of hydrogen-bond acceptors (Lipinski definition) is 3. The van der Waals surface area contributed by atoms with Gasteiger partial charge in [-0.15, -0.1) is 0 Å². The number of nitrogens with one attached hydrogen (secondary N) is 1. The topological polar surface area (TPSA) is 75.6 Å². The molecule has 1 rings (SSSR count). The first-order valence-electron chi connectivity index (χ1n) is 6.15. The van der Waals surface area contributed by atoms with Crippen LogP contribution in [0.25, 0.3) is 0 Å². The summed E-state index contributed by atoms with van der Waals surface area (Å²) in [6, 6.07) is 6.91. The molecule has 1 amide bonds. The van der Waals surface area contributed by atoms with E-state index in [0.29, 0.717) is 24.1 Å². The largest absolute Gasteiger partial charge is 0.481 e. The molecule has 1 atom stereocenters. The van der Waals surface area contributed by atoms with Gasteiger partial charge >= 0.3 is 5.97 Å². The predicted molar refractivity (Wildman–Crippen MR) is 72.1 cm³/mol. The minimum Gasteiger partial charge on any atom is -0.481 e. The maximum absolute atomic E-state index is 11.8. The van der Waals surface area contributed by atoms with Crippen molar-refractivity contribution in [2.45, 2.75) is 32.3 Å². The van der Waals surface area contributed by atoms with E-state index in [2.05, 4.69) is 5.32 Å². The molecule has 5 heteroatoms. The van der Waals surface area contributed by atoms with Gasteiger partial charge in [0.25, 0.3) is 0 Å². The Morgan fingerprint density at radius 2 is 2.05 bits per heavy atom. The van der Waals surface area contributed by atoms with Gasteiger partial charge in [-0.2, -0.15) is 0 Å². The van der Waals surface area contributed by atoms with E-state index in [9.17, 15) is 9.59 Å². The number of aliphatic carboxylic acids is 1. The lowest BCUT2D eigenvalue weighted by atomic mass is 10.1. The molecule has 0 aliphatic heterocycles. The van der Waals surface area contributed by atoms with Gasteiger partial charge in [0.05, 0.1) is 12.5 Å². The Hall–Kier alpha value is -1.88. The number of carbonyl (C=O) groups excluding carboxylic acids is 1. The number of benzene rings is 1. The molecule has 5 nitrogen and oxygen atoms in total. The van der Waals surface area contributed by atoms with Crippen LogP contribution in [0.5, 0.6) is 0 Å². The molecule has 0 aromatic heterocycles. The minimum absolute atomic E-state index is 0.0278. The van der Waals surface area contributed by atoms with E-state index in [1.807, 2.05) is 6.92 Å². The average molecular weight is 265 g/mol. The molecule has 0 radical (unpaired) electrons. The first-order valence-corrected chi connectivity index (χ1v) is 6.15. The van der Waals surface area contributed by atoms with Crippen molar-refractivity contribution in [3.8, 4) is 0 Å². The van der Waals surface area contributed by atoms with Crippen LogP contribution in [0.1, 0.15) is 25.3 Å². The Morgan fingerprint density at radius 1 is 1.37 bits per heavy atom. The van der Waals surface area contributed by atoms with Crippen LogP contribution in [0.2, 0.25) is 0 Å². The molecule has 104 valence electrons. The lowest BCUT2D eigenvalue weighted by molar-refractivity contribution is -0.136. The van der Waals surface area contributed by atoms with Crippen molar-refractivity contribution in [3.05, 3.63) is 29.8 Å². The Bertz CT molecular complexity index is 445. The highest BCUT2D eigenvalue weighted by molar-refractivity contribution is 5.92. The van der Waals surface area contributed by atoms with Crippen molar-refractivity contribution < 1.29 is 19.4 Å². The summed E-state index contributed by atoms with van der Waals surface area (Å²) < 4.78 is 5.07. The van der Waals surface area contributed by atoms with E-state index in [1.165, 1.54) is 0 Å². The summed E-state index contributed by atoms with van der Waals surface area (Å²) in [4.78, 5) is 22.5. The van der Waals surface area contributed by atoms with Gasteiger partial charge in [-0.25, -0.2) is 0 Å². The summed E-state index contributed by atoms with van der Waals surface area (Å²) in [6.45, 7) is 1.89. The average Bonchev–Trinajstić information content (AvgIpc) is 2.37. The molecule has 0 aliphatic carbocycles. The van der Waals surface area contributed by atoms with Crippen LogP contribution in [0.4, 0.5) is 5.69 Å².